The highest BCUT2D eigenvalue weighted by molar-refractivity contribution is 6.44. The minimum atomic E-state index is -0.497. The van der Waals surface area contributed by atoms with E-state index in [0.29, 0.717) is 0 Å². The van der Waals surface area contributed by atoms with E-state index in [0.717, 1.165) is 11.1 Å². The first-order valence-corrected chi connectivity index (χ1v) is 5.02. The van der Waals surface area contributed by atoms with Crippen molar-refractivity contribution in [2.24, 2.45) is 0 Å². The fourth-order valence-electron chi connectivity index (χ4n) is 0.787. The minimum absolute atomic E-state index is 0.497. The molecule has 0 amide bonds. The SMILES string of the molecule is ClC(Cl)c1ccc(C(Cl)Cl)cc1. The van der Waals surface area contributed by atoms with Gasteiger partial charge >= 0.3 is 0 Å². The van der Waals surface area contributed by atoms with Crippen LogP contribution in [0.3, 0.4) is 0 Å². The van der Waals surface area contributed by atoms with Crippen molar-refractivity contribution in [3.63, 3.8) is 0 Å². The molecule has 0 aliphatic carbocycles. The van der Waals surface area contributed by atoms with E-state index in [1.54, 1.807) is 24.3 Å². The van der Waals surface area contributed by atoms with E-state index in [9.17, 15) is 0 Å². The Morgan fingerprint density at radius 2 is 0.917 bits per heavy atom. The molecule has 0 atom stereocenters. The Kier molecular flexibility index (Phi) is 3.98. The minimum Gasteiger partial charge on any atom is -0.100 e. The van der Waals surface area contributed by atoms with Crippen LogP contribution in [0.2, 0.25) is 0 Å². The predicted octanol–water partition coefficient (Wildman–Crippen LogP) is 4.64. The molecule has 1 rings (SSSR count). The Bertz CT molecular complexity index is 213. The Balaban J connectivity index is 2.86. The van der Waals surface area contributed by atoms with Gasteiger partial charge in [-0.15, -0.1) is 46.4 Å². The van der Waals surface area contributed by atoms with Crippen LogP contribution < -0.4 is 0 Å². The molecular weight excluding hydrogens is 238 g/mol. The molecule has 0 saturated heterocycles. The second-order valence-corrected chi connectivity index (χ2v) is 4.46. The number of halogens is 4. The maximum Gasteiger partial charge on any atom is 0.132 e. The molecule has 0 bridgehead atoms. The number of hydrogen-bond donors (Lipinski definition) is 0. The monoisotopic (exact) mass is 242 g/mol. The van der Waals surface area contributed by atoms with Crippen molar-refractivity contribution in [1.29, 1.82) is 0 Å². The van der Waals surface area contributed by atoms with E-state index < -0.39 is 9.67 Å². The van der Waals surface area contributed by atoms with Gasteiger partial charge in [-0.25, -0.2) is 0 Å². The predicted molar refractivity (Wildman–Crippen MR) is 55.3 cm³/mol. The lowest BCUT2D eigenvalue weighted by Gasteiger charge is -2.04. The highest BCUT2D eigenvalue weighted by atomic mass is 35.5. The lowest BCUT2D eigenvalue weighted by molar-refractivity contribution is 1.28. The van der Waals surface area contributed by atoms with Crippen LogP contribution in [0, 0.1) is 0 Å². The largest absolute Gasteiger partial charge is 0.132 e. The zero-order chi connectivity index (χ0) is 9.14. The van der Waals surface area contributed by atoms with Gasteiger partial charge < -0.3 is 0 Å². The Labute approximate surface area is 91.4 Å². The third-order valence-electron chi connectivity index (χ3n) is 1.44. The number of rotatable bonds is 2. The molecule has 0 unspecified atom stereocenters. The van der Waals surface area contributed by atoms with Gasteiger partial charge in [-0.1, -0.05) is 24.3 Å². The number of hydrogen-bond acceptors (Lipinski definition) is 0. The molecule has 4 heteroatoms. The van der Waals surface area contributed by atoms with Crippen molar-refractivity contribution in [2.75, 3.05) is 0 Å². The zero-order valence-corrected chi connectivity index (χ0v) is 9.00. The molecule has 0 nitrogen and oxygen atoms in total. The van der Waals surface area contributed by atoms with E-state index in [-0.39, 0.29) is 0 Å². The molecule has 0 heterocycles. The Morgan fingerprint density at radius 1 is 0.667 bits per heavy atom. The summed E-state index contributed by atoms with van der Waals surface area (Å²) in [6.45, 7) is 0. The lowest BCUT2D eigenvalue weighted by atomic mass is 10.2. The molecule has 0 saturated carbocycles. The molecule has 0 aliphatic rings. The average molecular weight is 244 g/mol. The fraction of sp³-hybridized carbons (Fsp3) is 0.250. The van der Waals surface area contributed by atoms with Crippen LogP contribution >= 0.6 is 46.4 Å². The van der Waals surface area contributed by atoms with E-state index in [1.165, 1.54) is 0 Å². The van der Waals surface area contributed by atoms with Gasteiger partial charge in [0.05, 0.1) is 0 Å². The molecule has 0 radical (unpaired) electrons. The van der Waals surface area contributed by atoms with Gasteiger partial charge in [-0.05, 0) is 11.1 Å². The van der Waals surface area contributed by atoms with Crippen LogP contribution in [0.5, 0.6) is 0 Å². The van der Waals surface area contributed by atoms with Crippen molar-refractivity contribution in [3.8, 4) is 0 Å². The molecule has 0 aliphatic heterocycles. The van der Waals surface area contributed by atoms with Crippen LogP contribution in [0.4, 0.5) is 0 Å². The van der Waals surface area contributed by atoms with Crippen LogP contribution in [-0.4, -0.2) is 0 Å². The van der Waals surface area contributed by atoms with Crippen LogP contribution in [0.25, 0.3) is 0 Å². The molecule has 12 heavy (non-hydrogen) atoms. The van der Waals surface area contributed by atoms with Crippen LogP contribution in [0.1, 0.15) is 20.8 Å². The summed E-state index contributed by atoms with van der Waals surface area (Å²) >= 11 is 22.5. The van der Waals surface area contributed by atoms with Gasteiger partial charge in [0.1, 0.15) is 9.67 Å². The average Bonchev–Trinajstić information content (AvgIpc) is 2.04. The first-order valence-electron chi connectivity index (χ1n) is 3.27. The molecule has 66 valence electrons. The van der Waals surface area contributed by atoms with Crippen molar-refractivity contribution >= 4 is 46.4 Å². The molecule has 1 aromatic rings. The van der Waals surface area contributed by atoms with Gasteiger partial charge in [0.15, 0.2) is 0 Å². The van der Waals surface area contributed by atoms with Gasteiger partial charge in [-0.2, -0.15) is 0 Å². The number of alkyl halides is 4. The standard InChI is InChI=1S/C8H6Cl4/c9-7(10)5-1-2-6(4-3-5)8(11)12/h1-4,7-8H. The Hall–Kier alpha value is 0.380. The second-order valence-electron chi connectivity index (χ2n) is 2.27. The summed E-state index contributed by atoms with van der Waals surface area (Å²) in [6, 6.07) is 7.21. The summed E-state index contributed by atoms with van der Waals surface area (Å²) in [7, 11) is 0. The van der Waals surface area contributed by atoms with E-state index in [2.05, 4.69) is 0 Å². The molecule has 1 aromatic carbocycles. The molecule has 0 aromatic heterocycles. The van der Waals surface area contributed by atoms with Gasteiger partial charge in [0.2, 0.25) is 0 Å². The van der Waals surface area contributed by atoms with Crippen molar-refractivity contribution < 1.29 is 0 Å². The van der Waals surface area contributed by atoms with E-state index in [4.69, 9.17) is 46.4 Å². The van der Waals surface area contributed by atoms with Gasteiger partial charge in [0.25, 0.3) is 0 Å². The highest BCUT2D eigenvalue weighted by Crippen LogP contribution is 2.28. The third kappa shape index (κ3) is 2.70. The summed E-state index contributed by atoms with van der Waals surface area (Å²) in [4.78, 5) is -0.994. The summed E-state index contributed by atoms with van der Waals surface area (Å²) in [5.74, 6) is 0. The molecule has 0 N–H and O–H groups in total. The second kappa shape index (κ2) is 4.57. The summed E-state index contributed by atoms with van der Waals surface area (Å²) < 4.78 is 0. The van der Waals surface area contributed by atoms with Crippen molar-refractivity contribution in [3.05, 3.63) is 35.4 Å². The lowest BCUT2D eigenvalue weighted by Crippen LogP contribution is -1.84. The van der Waals surface area contributed by atoms with Crippen molar-refractivity contribution in [1.82, 2.24) is 0 Å². The number of benzene rings is 1. The molecule has 0 spiro atoms. The normalized spacial score (nSPS) is 11.2. The third-order valence-corrected chi connectivity index (χ3v) is 2.45. The summed E-state index contributed by atoms with van der Waals surface area (Å²) in [5.41, 5.74) is 1.69. The van der Waals surface area contributed by atoms with Crippen LogP contribution in [0.15, 0.2) is 24.3 Å². The van der Waals surface area contributed by atoms with Gasteiger partial charge in [-0.3, -0.25) is 0 Å². The van der Waals surface area contributed by atoms with E-state index in [1.807, 2.05) is 0 Å². The highest BCUT2D eigenvalue weighted by Gasteiger charge is 2.05. The maximum absolute atomic E-state index is 5.63. The summed E-state index contributed by atoms with van der Waals surface area (Å²) in [5, 5.41) is 0. The van der Waals surface area contributed by atoms with Crippen LogP contribution in [-0.2, 0) is 0 Å². The first-order chi connectivity index (χ1) is 5.61. The zero-order valence-electron chi connectivity index (χ0n) is 5.98. The fourth-order valence-corrected chi connectivity index (χ4v) is 1.37. The first kappa shape index (κ1) is 10.5. The topological polar surface area (TPSA) is 0 Å². The van der Waals surface area contributed by atoms with Crippen molar-refractivity contribution in [2.45, 2.75) is 9.67 Å². The quantitative estimate of drug-likeness (QED) is 0.664. The molecular formula is C8H6Cl4. The smallest absolute Gasteiger partial charge is 0.100 e. The Morgan fingerprint density at radius 3 is 1.08 bits per heavy atom. The van der Waals surface area contributed by atoms with Gasteiger partial charge in [0, 0.05) is 0 Å². The maximum atomic E-state index is 5.63. The molecule has 0 fully saturated rings. The van der Waals surface area contributed by atoms with E-state index >= 15 is 0 Å². The summed E-state index contributed by atoms with van der Waals surface area (Å²) in [6.07, 6.45) is 0.